The summed E-state index contributed by atoms with van der Waals surface area (Å²) in [5.41, 5.74) is 1.48. The molecule has 0 saturated carbocycles. The van der Waals surface area contributed by atoms with Crippen LogP contribution in [-0.4, -0.2) is 13.1 Å². The fourth-order valence-electron chi connectivity index (χ4n) is 1.54. The van der Waals surface area contributed by atoms with Gasteiger partial charge < -0.3 is 14.5 Å². The van der Waals surface area contributed by atoms with Crippen LogP contribution in [0.2, 0.25) is 0 Å². The summed E-state index contributed by atoms with van der Waals surface area (Å²) >= 11 is 0. The summed E-state index contributed by atoms with van der Waals surface area (Å²) in [7, 11) is 1.31. The topological polar surface area (TPSA) is 75.3 Å². The first-order valence-electron chi connectivity index (χ1n) is 5.64. The molecule has 0 radical (unpaired) electrons. The number of hydrogen-bond donors (Lipinski definition) is 1. The molecule has 0 bridgehead atoms. The van der Waals surface area contributed by atoms with Crippen molar-refractivity contribution >= 4 is 11.7 Å². The Morgan fingerprint density at radius 3 is 2.68 bits per heavy atom. The van der Waals surface area contributed by atoms with Gasteiger partial charge in [-0.1, -0.05) is 0 Å². The first kappa shape index (κ1) is 12.7. The lowest BCUT2D eigenvalue weighted by Gasteiger charge is -2.03. The van der Waals surface area contributed by atoms with Gasteiger partial charge in [-0.2, -0.15) is 5.26 Å². The molecule has 1 heterocycles. The van der Waals surface area contributed by atoms with Crippen molar-refractivity contribution in [1.82, 2.24) is 0 Å². The molecule has 2 rings (SSSR count). The number of nitrogens with zero attached hydrogens (tertiary/aromatic N) is 1. The molecule has 96 valence electrons. The van der Waals surface area contributed by atoms with Gasteiger partial charge in [-0.15, -0.1) is 0 Å². The van der Waals surface area contributed by atoms with E-state index < -0.39 is 5.97 Å². The Bertz CT molecular complexity index is 608. The van der Waals surface area contributed by atoms with Crippen LogP contribution in [0.4, 0.5) is 5.69 Å². The largest absolute Gasteiger partial charge is 0.463 e. The van der Waals surface area contributed by atoms with E-state index in [4.69, 9.17) is 9.68 Å². The van der Waals surface area contributed by atoms with Gasteiger partial charge in [0.15, 0.2) is 0 Å². The number of esters is 1. The predicted molar refractivity (Wildman–Crippen MR) is 68.5 cm³/mol. The lowest BCUT2D eigenvalue weighted by Crippen LogP contribution is -2.00. The molecule has 1 aromatic heterocycles. The van der Waals surface area contributed by atoms with E-state index >= 15 is 0 Å². The number of methoxy groups -OCH3 is 1. The number of furan rings is 1. The third-order valence-corrected chi connectivity index (χ3v) is 2.53. The van der Waals surface area contributed by atoms with Crippen molar-refractivity contribution in [1.29, 1.82) is 5.26 Å². The van der Waals surface area contributed by atoms with E-state index in [9.17, 15) is 4.79 Å². The molecule has 0 saturated heterocycles. The van der Waals surface area contributed by atoms with Crippen LogP contribution >= 0.6 is 0 Å². The number of benzene rings is 1. The molecule has 19 heavy (non-hydrogen) atoms. The number of nitrogens with one attached hydrogen (secondary N) is 1. The van der Waals surface area contributed by atoms with Crippen LogP contribution in [0.3, 0.4) is 0 Å². The Morgan fingerprint density at radius 1 is 1.32 bits per heavy atom. The quantitative estimate of drug-likeness (QED) is 0.851. The molecule has 0 amide bonds. The van der Waals surface area contributed by atoms with Gasteiger partial charge >= 0.3 is 5.97 Å². The smallest absolute Gasteiger partial charge is 0.373 e. The number of hydrogen-bond acceptors (Lipinski definition) is 5. The van der Waals surface area contributed by atoms with Crippen molar-refractivity contribution in [2.45, 2.75) is 6.54 Å². The van der Waals surface area contributed by atoms with Crippen LogP contribution in [0, 0.1) is 11.3 Å². The molecule has 1 N–H and O–H groups in total. The summed E-state index contributed by atoms with van der Waals surface area (Å²) in [6, 6.07) is 12.4. The molecule has 0 aliphatic carbocycles. The zero-order valence-corrected chi connectivity index (χ0v) is 10.3. The highest BCUT2D eigenvalue weighted by atomic mass is 16.5. The van der Waals surface area contributed by atoms with Gasteiger partial charge in [0.2, 0.25) is 5.76 Å². The normalized spacial score (nSPS) is 9.68. The van der Waals surface area contributed by atoms with Crippen LogP contribution in [0.15, 0.2) is 40.8 Å². The standard InChI is InChI=1S/C14H12N2O3/c1-18-14(17)13-7-6-12(19-13)9-16-11-4-2-10(8-15)3-5-11/h2-7,16H,9H2,1H3. The Kier molecular flexibility index (Phi) is 3.84. The number of anilines is 1. The average molecular weight is 256 g/mol. The molecule has 0 aliphatic rings. The van der Waals surface area contributed by atoms with Crippen LogP contribution in [0.5, 0.6) is 0 Å². The molecule has 5 heteroatoms. The third-order valence-electron chi connectivity index (χ3n) is 2.53. The number of rotatable bonds is 4. The van der Waals surface area contributed by atoms with Crippen molar-refractivity contribution in [3.05, 3.63) is 53.5 Å². The Hall–Kier alpha value is -2.74. The first-order valence-corrected chi connectivity index (χ1v) is 5.64. The van der Waals surface area contributed by atoms with E-state index in [1.54, 1.807) is 24.3 Å². The molecule has 0 spiro atoms. The predicted octanol–water partition coefficient (Wildman–Crippen LogP) is 2.55. The second-order valence-corrected chi connectivity index (χ2v) is 3.80. The number of carbonyl (C=O) groups excluding carboxylic acids is 1. The molecule has 0 unspecified atom stereocenters. The van der Waals surface area contributed by atoms with E-state index in [1.807, 2.05) is 12.1 Å². The van der Waals surface area contributed by atoms with Gasteiger partial charge in [0, 0.05) is 5.69 Å². The number of ether oxygens (including phenoxy) is 1. The van der Waals surface area contributed by atoms with Gasteiger partial charge in [0.05, 0.1) is 25.3 Å². The summed E-state index contributed by atoms with van der Waals surface area (Å²) in [4.78, 5) is 11.2. The van der Waals surface area contributed by atoms with Gasteiger partial charge in [0.25, 0.3) is 0 Å². The number of nitriles is 1. The highest BCUT2D eigenvalue weighted by molar-refractivity contribution is 5.86. The summed E-state index contributed by atoms with van der Waals surface area (Å²) in [5, 5.41) is 11.8. The van der Waals surface area contributed by atoms with E-state index in [0.717, 1.165) is 5.69 Å². The van der Waals surface area contributed by atoms with E-state index in [2.05, 4.69) is 16.1 Å². The molecular weight excluding hydrogens is 244 g/mol. The third kappa shape index (κ3) is 3.13. The van der Waals surface area contributed by atoms with Crippen molar-refractivity contribution in [3.63, 3.8) is 0 Å². The van der Waals surface area contributed by atoms with Gasteiger partial charge in [-0.05, 0) is 36.4 Å². The molecule has 5 nitrogen and oxygen atoms in total. The Morgan fingerprint density at radius 2 is 2.05 bits per heavy atom. The van der Waals surface area contributed by atoms with Gasteiger partial charge in [0.1, 0.15) is 5.76 Å². The van der Waals surface area contributed by atoms with Gasteiger partial charge in [-0.3, -0.25) is 0 Å². The van der Waals surface area contributed by atoms with Gasteiger partial charge in [-0.25, -0.2) is 4.79 Å². The van der Waals surface area contributed by atoms with Crippen LogP contribution in [0.1, 0.15) is 21.9 Å². The molecule has 0 atom stereocenters. The highest BCUT2D eigenvalue weighted by Crippen LogP contribution is 2.13. The van der Waals surface area contributed by atoms with Crippen LogP contribution in [-0.2, 0) is 11.3 Å². The number of carbonyl (C=O) groups is 1. The fraction of sp³-hybridized carbons (Fsp3) is 0.143. The SMILES string of the molecule is COC(=O)c1ccc(CNc2ccc(C#N)cc2)o1. The summed E-state index contributed by atoms with van der Waals surface area (Å²) < 4.78 is 9.87. The van der Waals surface area contributed by atoms with Crippen molar-refractivity contribution in [2.24, 2.45) is 0 Å². The molecule has 0 aliphatic heterocycles. The van der Waals surface area contributed by atoms with Crippen molar-refractivity contribution in [3.8, 4) is 6.07 Å². The summed E-state index contributed by atoms with van der Waals surface area (Å²) in [6.45, 7) is 0.447. The second-order valence-electron chi connectivity index (χ2n) is 3.80. The minimum atomic E-state index is -0.496. The zero-order valence-electron chi connectivity index (χ0n) is 10.3. The Balaban J connectivity index is 1.96. The first-order chi connectivity index (χ1) is 9.22. The second kappa shape index (κ2) is 5.74. The summed E-state index contributed by atoms with van der Waals surface area (Å²) in [5.74, 6) is 0.313. The van der Waals surface area contributed by atoms with E-state index in [1.165, 1.54) is 7.11 Å². The minimum absolute atomic E-state index is 0.180. The van der Waals surface area contributed by atoms with Crippen LogP contribution < -0.4 is 5.32 Å². The van der Waals surface area contributed by atoms with Crippen molar-refractivity contribution < 1.29 is 13.9 Å². The fourth-order valence-corrected chi connectivity index (χ4v) is 1.54. The molecule has 2 aromatic rings. The van der Waals surface area contributed by atoms with E-state index in [-0.39, 0.29) is 5.76 Å². The maximum Gasteiger partial charge on any atom is 0.373 e. The molecular formula is C14H12N2O3. The van der Waals surface area contributed by atoms with Crippen LogP contribution in [0.25, 0.3) is 0 Å². The monoisotopic (exact) mass is 256 g/mol. The lowest BCUT2D eigenvalue weighted by molar-refractivity contribution is 0.0563. The summed E-state index contributed by atoms with van der Waals surface area (Å²) in [6.07, 6.45) is 0. The van der Waals surface area contributed by atoms with Crippen molar-refractivity contribution in [2.75, 3.05) is 12.4 Å². The zero-order chi connectivity index (χ0) is 13.7. The van der Waals surface area contributed by atoms with E-state index in [0.29, 0.717) is 17.9 Å². The Labute approximate surface area is 110 Å². The maximum absolute atomic E-state index is 11.2. The molecule has 0 fully saturated rings. The highest BCUT2D eigenvalue weighted by Gasteiger charge is 2.10. The maximum atomic E-state index is 11.2. The minimum Gasteiger partial charge on any atom is -0.463 e. The lowest BCUT2D eigenvalue weighted by atomic mass is 10.2. The molecule has 1 aromatic carbocycles. The average Bonchev–Trinajstić information content (AvgIpc) is 2.93.